The number of carbonyl (C=O) groups excluding carboxylic acids is 2. The molecule has 5 heteroatoms. The van der Waals surface area contributed by atoms with Gasteiger partial charge in [-0.05, 0) is 37.1 Å². The van der Waals surface area contributed by atoms with Crippen LogP contribution < -0.4 is 10.2 Å². The number of benzene rings is 1. The van der Waals surface area contributed by atoms with Crippen LogP contribution in [-0.4, -0.2) is 50.4 Å². The number of carbonyl (C=O) groups is 2. The van der Waals surface area contributed by atoms with Crippen LogP contribution in [0.3, 0.4) is 0 Å². The summed E-state index contributed by atoms with van der Waals surface area (Å²) in [7, 11) is 3.92. The highest BCUT2D eigenvalue weighted by Gasteiger charge is 2.23. The maximum atomic E-state index is 12.4. The van der Waals surface area contributed by atoms with E-state index in [-0.39, 0.29) is 30.2 Å². The zero-order chi connectivity index (χ0) is 19.1. The van der Waals surface area contributed by atoms with Crippen molar-refractivity contribution in [3.8, 4) is 0 Å². The largest absolute Gasteiger partial charge is 0.353 e. The van der Waals surface area contributed by atoms with E-state index in [1.807, 2.05) is 37.2 Å². The lowest BCUT2D eigenvalue weighted by Crippen LogP contribution is -2.42. The van der Waals surface area contributed by atoms with Crippen molar-refractivity contribution in [1.29, 1.82) is 0 Å². The smallest absolute Gasteiger partial charge is 0.240 e. The zero-order valence-electron chi connectivity index (χ0n) is 16.7. The molecule has 2 amide bonds. The van der Waals surface area contributed by atoms with Gasteiger partial charge in [-0.3, -0.25) is 9.59 Å². The van der Waals surface area contributed by atoms with Crippen molar-refractivity contribution in [1.82, 2.24) is 10.2 Å². The fourth-order valence-electron chi connectivity index (χ4n) is 2.79. The van der Waals surface area contributed by atoms with Crippen LogP contribution >= 0.6 is 0 Å². The Balaban J connectivity index is 3.14. The van der Waals surface area contributed by atoms with Gasteiger partial charge in [-0.15, -0.1) is 0 Å². The first-order valence-corrected chi connectivity index (χ1v) is 8.97. The van der Waals surface area contributed by atoms with E-state index in [4.69, 9.17) is 0 Å². The van der Waals surface area contributed by atoms with Gasteiger partial charge in [0, 0.05) is 20.0 Å². The molecule has 25 heavy (non-hydrogen) atoms. The minimum absolute atomic E-state index is 0.0478. The van der Waals surface area contributed by atoms with Crippen LogP contribution in [0.25, 0.3) is 0 Å². The summed E-state index contributed by atoms with van der Waals surface area (Å²) in [5, 5.41) is 2.89. The fraction of sp³-hybridized carbons (Fsp3) is 0.600. The molecule has 0 aliphatic heterocycles. The van der Waals surface area contributed by atoms with Crippen LogP contribution in [0.1, 0.15) is 57.6 Å². The molecular formula is C20H33N3O2. The molecule has 1 aromatic rings. The lowest BCUT2D eigenvalue weighted by atomic mass is 9.91. The van der Waals surface area contributed by atoms with E-state index in [9.17, 15) is 9.59 Å². The average Bonchev–Trinajstić information content (AvgIpc) is 2.51. The summed E-state index contributed by atoms with van der Waals surface area (Å²) in [5.41, 5.74) is 3.09. The van der Waals surface area contributed by atoms with Crippen LogP contribution in [0.2, 0.25) is 0 Å². The Bertz CT molecular complexity index is 568. The maximum Gasteiger partial charge on any atom is 0.240 e. The molecule has 140 valence electrons. The van der Waals surface area contributed by atoms with Crippen molar-refractivity contribution in [2.24, 2.45) is 0 Å². The minimum Gasteiger partial charge on any atom is -0.353 e. The van der Waals surface area contributed by atoms with Crippen molar-refractivity contribution in [3.63, 3.8) is 0 Å². The molecule has 1 aromatic carbocycles. The Labute approximate surface area is 152 Å². The van der Waals surface area contributed by atoms with E-state index in [1.165, 1.54) is 6.92 Å². The molecule has 0 saturated heterocycles. The highest BCUT2D eigenvalue weighted by atomic mass is 16.2. The van der Waals surface area contributed by atoms with Gasteiger partial charge in [0.2, 0.25) is 11.8 Å². The highest BCUT2D eigenvalue weighted by Crippen LogP contribution is 2.35. The van der Waals surface area contributed by atoms with Crippen LogP contribution in [0.15, 0.2) is 18.2 Å². The van der Waals surface area contributed by atoms with Gasteiger partial charge in [0.05, 0.1) is 5.69 Å². The van der Waals surface area contributed by atoms with Crippen molar-refractivity contribution >= 4 is 17.5 Å². The summed E-state index contributed by atoms with van der Waals surface area (Å²) in [6.07, 6.45) is 0. The van der Waals surface area contributed by atoms with Gasteiger partial charge in [-0.2, -0.15) is 0 Å². The third-order valence-corrected chi connectivity index (χ3v) is 4.18. The van der Waals surface area contributed by atoms with Gasteiger partial charge in [-0.1, -0.05) is 45.9 Å². The molecule has 0 unspecified atom stereocenters. The predicted octanol–water partition coefficient (Wildman–Crippen LogP) is 2.96. The monoisotopic (exact) mass is 347 g/mol. The lowest BCUT2D eigenvalue weighted by Gasteiger charge is -2.29. The first-order chi connectivity index (χ1) is 11.6. The number of likely N-dealkylation sites (N-methyl/N-ethyl adjacent to an activating group) is 1. The molecular weight excluding hydrogens is 314 g/mol. The molecule has 0 aromatic heterocycles. The van der Waals surface area contributed by atoms with Gasteiger partial charge in [0.25, 0.3) is 0 Å². The highest BCUT2D eigenvalue weighted by molar-refractivity contribution is 5.99. The topological polar surface area (TPSA) is 52.7 Å². The van der Waals surface area contributed by atoms with Crippen LogP contribution in [-0.2, 0) is 9.59 Å². The number of nitrogens with zero attached hydrogens (tertiary/aromatic N) is 2. The molecule has 0 bridgehead atoms. The maximum absolute atomic E-state index is 12.4. The number of rotatable bonds is 8. The van der Waals surface area contributed by atoms with E-state index in [0.717, 1.165) is 23.4 Å². The first kappa shape index (κ1) is 21.2. The van der Waals surface area contributed by atoms with Crippen LogP contribution in [0.5, 0.6) is 0 Å². The Morgan fingerprint density at radius 1 is 1.04 bits per heavy atom. The Hall–Kier alpha value is -1.88. The standard InChI is InChI=1S/C20H33N3O2/c1-14(2)17-9-8-10-18(15(3)4)20(17)23(16(5)24)13-19(25)21-11-12-22(6)7/h8-10,14-15H,11-13H2,1-7H3,(H,21,25). The van der Waals surface area contributed by atoms with Crippen molar-refractivity contribution in [2.75, 3.05) is 38.6 Å². The molecule has 0 saturated carbocycles. The summed E-state index contributed by atoms with van der Waals surface area (Å²) in [6, 6.07) is 6.13. The molecule has 0 atom stereocenters. The van der Waals surface area contributed by atoms with E-state index in [1.54, 1.807) is 4.90 Å². The normalized spacial score (nSPS) is 11.3. The van der Waals surface area contributed by atoms with Crippen LogP contribution in [0, 0.1) is 0 Å². The molecule has 1 N–H and O–H groups in total. The van der Waals surface area contributed by atoms with Crippen molar-refractivity contribution in [3.05, 3.63) is 29.3 Å². The fourth-order valence-corrected chi connectivity index (χ4v) is 2.79. The van der Waals surface area contributed by atoms with E-state index < -0.39 is 0 Å². The van der Waals surface area contributed by atoms with Crippen LogP contribution in [0.4, 0.5) is 5.69 Å². The average molecular weight is 348 g/mol. The Morgan fingerprint density at radius 2 is 1.56 bits per heavy atom. The number of nitrogens with one attached hydrogen (secondary N) is 1. The van der Waals surface area contributed by atoms with Gasteiger partial charge in [0.15, 0.2) is 0 Å². The number of amides is 2. The summed E-state index contributed by atoms with van der Waals surface area (Å²) in [5.74, 6) is 0.294. The minimum atomic E-state index is -0.134. The van der Waals surface area contributed by atoms with Gasteiger partial charge < -0.3 is 15.1 Å². The SMILES string of the molecule is CC(=O)N(CC(=O)NCCN(C)C)c1c(C(C)C)cccc1C(C)C. The van der Waals surface area contributed by atoms with Gasteiger partial charge in [0.1, 0.15) is 6.54 Å². The molecule has 0 heterocycles. The Kier molecular flexibility index (Phi) is 8.10. The first-order valence-electron chi connectivity index (χ1n) is 8.97. The predicted molar refractivity (Wildman–Crippen MR) is 104 cm³/mol. The van der Waals surface area contributed by atoms with E-state index in [0.29, 0.717) is 6.54 Å². The number of anilines is 1. The molecule has 0 spiro atoms. The van der Waals surface area contributed by atoms with E-state index >= 15 is 0 Å². The second-order valence-electron chi connectivity index (χ2n) is 7.35. The number of hydrogen-bond donors (Lipinski definition) is 1. The zero-order valence-corrected chi connectivity index (χ0v) is 16.7. The lowest BCUT2D eigenvalue weighted by molar-refractivity contribution is -0.123. The Morgan fingerprint density at radius 3 is 1.96 bits per heavy atom. The summed E-state index contributed by atoms with van der Waals surface area (Å²) in [4.78, 5) is 28.3. The second-order valence-corrected chi connectivity index (χ2v) is 7.35. The second kappa shape index (κ2) is 9.56. The molecule has 0 aliphatic rings. The van der Waals surface area contributed by atoms with E-state index in [2.05, 4.69) is 33.0 Å². The third kappa shape index (κ3) is 6.16. The molecule has 0 radical (unpaired) electrons. The quantitative estimate of drug-likeness (QED) is 0.786. The third-order valence-electron chi connectivity index (χ3n) is 4.18. The van der Waals surface area contributed by atoms with Gasteiger partial charge >= 0.3 is 0 Å². The van der Waals surface area contributed by atoms with Crippen molar-refractivity contribution < 1.29 is 9.59 Å². The summed E-state index contributed by atoms with van der Waals surface area (Å²) in [6.45, 7) is 11.3. The molecule has 5 nitrogen and oxygen atoms in total. The summed E-state index contributed by atoms with van der Waals surface area (Å²) >= 11 is 0. The molecule has 0 fully saturated rings. The summed E-state index contributed by atoms with van der Waals surface area (Å²) < 4.78 is 0. The molecule has 1 rings (SSSR count). The number of para-hydroxylation sites is 1. The van der Waals surface area contributed by atoms with Gasteiger partial charge in [-0.25, -0.2) is 0 Å². The molecule has 0 aliphatic carbocycles. The number of hydrogen-bond acceptors (Lipinski definition) is 3. The van der Waals surface area contributed by atoms with Crippen molar-refractivity contribution in [2.45, 2.75) is 46.5 Å².